The van der Waals surface area contributed by atoms with E-state index >= 15 is 0 Å². The Morgan fingerprint density at radius 2 is 1.43 bits per heavy atom. The van der Waals surface area contributed by atoms with Crippen LogP contribution in [0.25, 0.3) is 0 Å². The molecule has 42 heavy (non-hydrogen) atoms. The molecule has 0 bridgehead atoms. The van der Waals surface area contributed by atoms with Gasteiger partial charge in [-0.1, -0.05) is 24.3 Å². The molecule has 4 aromatic rings. The van der Waals surface area contributed by atoms with Crippen LogP contribution in [-0.4, -0.2) is 59.6 Å². The first-order valence-corrected chi connectivity index (χ1v) is 14.7. The number of benzene rings is 3. The molecular formula is C24H17ClN6O9S2. The van der Waals surface area contributed by atoms with Crippen molar-refractivity contribution >= 4 is 72.1 Å². The van der Waals surface area contributed by atoms with Crippen LogP contribution in [0.1, 0.15) is 31.8 Å². The van der Waals surface area contributed by atoms with E-state index in [4.69, 9.17) is 22.1 Å². The van der Waals surface area contributed by atoms with Gasteiger partial charge in [-0.15, -0.1) is 0 Å². The molecule has 0 saturated heterocycles. The van der Waals surface area contributed by atoms with Crippen LogP contribution in [0.15, 0.2) is 58.3 Å². The Morgan fingerprint density at radius 3 is 2.02 bits per heavy atom. The van der Waals surface area contributed by atoms with E-state index in [1.165, 1.54) is 43.5 Å². The van der Waals surface area contributed by atoms with E-state index in [1.54, 1.807) is 0 Å². The molecule has 1 aliphatic carbocycles. The van der Waals surface area contributed by atoms with Gasteiger partial charge in [-0.3, -0.25) is 18.7 Å². The molecule has 216 valence electrons. The minimum atomic E-state index is -5.00. The molecule has 1 heterocycles. The van der Waals surface area contributed by atoms with E-state index in [9.17, 15) is 35.5 Å². The Labute approximate surface area is 242 Å². The molecule has 0 radical (unpaired) electrons. The number of nitrogens with zero attached hydrogens (tertiary/aromatic N) is 3. The average Bonchev–Trinajstić information content (AvgIpc) is 2.91. The fourth-order valence-corrected chi connectivity index (χ4v) is 5.75. The number of carbonyl (C=O) groups is 2. The van der Waals surface area contributed by atoms with Gasteiger partial charge in [-0.25, -0.2) is 0 Å². The minimum Gasteiger partial charge on any atom is -0.467 e. The quantitative estimate of drug-likeness (QED) is 0.128. The summed E-state index contributed by atoms with van der Waals surface area (Å²) in [5.41, 5.74) is 3.93. The van der Waals surface area contributed by atoms with Crippen molar-refractivity contribution in [3.8, 4) is 6.01 Å². The normalized spacial score (nSPS) is 12.9. The Kier molecular flexibility index (Phi) is 7.07. The van der Waals surface area contributed by atoms with Gasteiger partial charge in [0.25, 0.3) is 20.2 Å². The van der Waals surface area contributed by atoms with Gasteiger partial charge in [-0.05, 0) is 35.9 Å². The topological polar surface area (TPSA) is 241 Å². The Bertz CT molecular complexity index is 2050. The SMILES string of the molecule is COc1nc(Cl)nc(Nc2ccc(Nc3cc(S(=O)(=O)O)c(N)c4c3C(=O)c3ccccc3C4=O)cc2S(=O)(=O)O)n1. The molecule has 0 amide bonds. The summed E-state index contributed by atoms with van der Waals surface area (Å²) in [5.74, 6) is -1.69. The van der Waals surface area contributed by atoms with Crippen molar-refractivity contribution < 1.29 is 40.3 Å². The summed E-state index contributed by atoms with van der Waals surface area (Å²) in [6.07, 6.45) is 0. The van der Waals surface area contributed by atoms with Crippen LogP contribution < -0.4 is 21.1 Å². The van der Waals surface area contributed by atoms with Crippen molar-refractivity contribution in [2.24, 2.45) is 0 Å². The lowest BCUT2D eigenvalue weighted by molar-refractivity contribution is 0.0980. The number of ketones is 2. The number of methoxy groups -OCH3 is 1. The molecule has 6 N–H and O–H groups in total. The maximum Gasteiger partial charge on any atom is 0.322 e. The predicted octanol–water partition coefficient (Wildman–Crippen LogP) is 2.87. The largest absolute Gasteiger partial charge is 0.467 e. The number of carbonyl (C=O) groups excluding carboxylic acids is 2. The third-order valence-electron chi connectivity index (χ3n) is 6.03. The Morgan fingerprint density at radius 1 is 0.810 bits per heavy atom. The van der Waals surface area contributed by atoms with E-state index in [2.05, 4.69) is 25.6 Å². The molecule has 1 aromatic heterocycles. The molecule has 0 atom stereocenters. The lowest BCUT2D eigenvalue weighted by Gasteiger charge is -2.24. The van der Waals surface area contributed by atoms with E-state index in [0.717, 1.165) is 12.1 Å². The summed E-state index contributed by atoms with van der Waals surface area (Å²) in [5, 5.41) is 4.99. The van der Waals surface area contributed by atoms with Crippen molar-refractivity contribution in [2.45, 2.75) is 9.79 Å². The number of hydrogen-bond donors (Lipinski definition) is 5. The molecule has 1 aliphatic rings. The van der Waals surface area contributed by atoms with Crippen LogP contribution in [0.4, 0.5) is 28.7 Å². The number of aromatic nitrogens is 3. The molecule has 18 heteroatoms. The van der Waals surface area contributed by atoms with E-state index < -0.39 is 52.8 Å². The number of nitrogens with one attached hydrogen (secondary N) is 2. The molecule has 0 aliphatic heterocycles. The van der Waals surface area contributed by atoms with Gasteiger partial charge in [0.2, 0.25) is 11.2 Å². The molecular weight excluding hydrogens is 616 g/mol. The van der Waals surface area contributed by atoms with E-state index in [0.29, 0.717) is 0 Å². The average molecular weight is 633 g/mol. The summed E-state index contributed by atoms with van der Waals surface area (Å²) in [6, 6.07) is 9.85. The third kappa shape index (κ3) is 5.21. The second kappa shape index (κ2) is 10.3. The molecule has 5 rings (SSSR count). The standard InChI is InChI=1S/C24H17ClN6O9S2/c1-40-24-30-22(25)29-23(31-24)28-13-7-6-10(8-15(13)41(34,35)36)27-14-9-16(42(37,38)39)19(26)18-17(14)20(32)11-4-2-3-5-12(11)21(18)33/h2-9,27H,26H2,1H3,(H,34,35,36)(H,37,38,39)(H,28,29,30,31). The van der Waals surface area contributed by atoms with Crippen LogP contribution in [-0.2, 0) is 20.2 Å². The number of halogens is 1. The number of nitrogen functional groups attached to an aromatic ring is 1. The van der Waals surface area contributed by atoms with Crippen LogP contribution in [0, 0.1) is 0 Å². The maximum absolute atomic E-state index is 13.5. The van der Waals surface area contributed by atoms with E-state index in [-0.39, 0.29) is 51.0 Å². The summed E-state index contributed by atoms with van der Waals surface area (Å²) >= 11 is 5.83. The zero-order valence-electron chi connectivity index (χ0n) is 21.0. The highest BCUT2D eigenvalue weighted by atomic mass is 35.5. The fraction of sp³-hybridized carbons (Fsp3) is 0.0417. The monoisotopic (exact) mass is 632 g/mol. The number of fused-ring (bicyclic) bond motifs is 2. The molecule has 15 nitrogen and oxygen atoms in total. The van der Waals surface area contributed by atoms with Gasteiger partial charge >= 0.3 is 6.01 Å². The molecule has 0 unspecified atom stereocenters. The van der Waals surface area contributed by atoms with Crippen LogP contribution in [0.5, 0.6) is 6.01 Å². The van der Waals surface area contributed by atoms with Crippen LogP contribution in [0.3, 0.4) is 0 Å². The maximum atomic E-state index is 13.5. The van der Waals surface area contributed by atoms with E-state index in [1.807, 2.05) is 0 Å². The molecule has 0 spiro atoms. The van der Waals surface area contributed by atoms with Crippen molar-refractivity contribution in [1.82, 2.24) is 15.0 Å². The summed E-state index contributed by atoms with van der Waals surface area (Å²) < 4.78 is 73.5. The second-order valence-electron chi connectivity index (χ2n) is 8.62. The fourth-order valence-electron chi connectivity index (χ4n) is 4.28. The van der Waals surface area contributed by atoms with Gasteiger partial charge in [-0.2, -0.15) is 31.8 Å². The first-order chi connectivity index (χ1) is 19.7. The summed E-state index contributed by atoms with van der Waals surface area (Å²) in [6.45, 7) is 0. The smallest absolute Gasteiger partial charge is 0.322 e. The van der Waals surface area contributed by atoms with Gasteiger partial charge in [0, 0.05) is 16.8 Å². The second-order valence-corrected chi connectivity index (χ2v) is 11.7. The van der Waals surface area contributed by atoms with Crippen LogP contribution in [0.2, 0.25) is 5.28 Å². The summed E-state index contributed by atoms with van der Waals surface area (Å²) in [7, 11) is -8.66. The summed E-state index contributed by atoms with van der Waals surface area (Å²) in [4.78, 5) is 36.7. The number of nitrogens with two attached hydrogens (primary N) is 1. The number of ether oxygens (including phenoxy) is 1. The molecule has 0 fully saturated rings. The zero-order valence-corrected chi connectivity index (χ0v) is 23.4. The van der Waals surface area contributed by atoms with Crippen molar-refractivity contribution in [3.63, 3.8) is 0 Å². The highest BCUT2D eigenvalue weighted by Gasteiger charge is 2.36. The predicted molar refractivity (Wildman–Crippen MR) is 148 cm³/mol. The first-order valence-electron chi connectivity index (χ1n) is 11.4. The Balaban J connectivity index is 1.65. The van der Waals surface area contributed by atoms with Gasteiger partial charge in [0.15, 0.2) is 11.6 Å². The van der Waals surface area contributed by atoms with Gasteiger partial charge in [0.05, 0.1) is 35.3 Å². The number of anilines is 5. The van der Waals surface area contributed by atoms with Crippen LogP contribution >= 0.6 is 11.6 Å². The van der Waals surface area contributed by atoms with Crippen molar-refractivity contribution in [2.75, 3.05) is 23.5 Å². The lowest BCUT2D eigenvalue weighted by Crippen LogP contribution is -2.25. The third-order valence-corrected chi connectivity index (χ3v) is 7.99. The van der Waals surface area contributed by atoms with Gasteiger partial charge < -0.3 is 21.1 Å². The highest BCUT2D eigenvalue weighted by Crippen LogP contribution is 2.40. The Hall–Kier alpha value is -4.68. The van der Waals surface area contributed by atoms with Crippen molar-refractivity contribution in [3.05, 3.63) is 76.1 Å². The number of hydrogen-bond acceptors (Lipinski definition) is 13. The highest BCUT2D eigenvalue weighted by molar-refractivity contribution is 7.86. The lowest BCUT2D eigenvalue weighted by atomic mass is 9.82. The van der Waals surface area contributed by atoms with Gasteiger partial charge in [0.1, 0.15) is 9.79 Å². The number of rotatable bonds is 7. The zero-order chi connectivity index (χ0) is 30.6. The minimum absolute atomic E-state index is 0.0154. The molecule has 0 saturated carbocycles. The molecule has 3 aromatic carbocycles. The first kappa shape index (κ1) is 28.8. The van der Waals surface area contributed by atoms with Crippen molar-refractivity contribution in [1.29, 1.82) is 0 Å².